The summed E-state index contributed by atoms with van der Waals surface area (Å²) in [5.41, 5.74) is 2.81. The van der Waals surface area contributed by atoms with Crippen LogP contribution in [-0.4, -0.2) is 39.5 Å². The molecular weight excluding hydrogens is 422 g/mol. The number of H-pyrrole nitrogens is 1. The lowest BCUT2D eigenvalue weighted by atomic mass is 10.1. The molecule has 168 valence electrons. The number of hydrogen-bond acceptors (Lipinski definition) is 6. The zero-order valence-electron chi connectivity index (χ0n) is 18.2. The number of furan rings is 1. The van der Waals surface area contributed by atoms with Gasteiger partial charge in [0.15, 0.2) is 6.61 Å². The van der Waals surface area contributed by atoms with Gasteiger partial charge in [0, 0.05) is 12.6 Å². The number of phenolic OH excluding ortho intramolecular Hbond substituents is 1. The lowest BCUT2D eigenvalue weighted by Crippen LogP contribution is -2.30. The van der Waals surface area contributed by atoms with E-state index in [2.05, 4.69) is 9.97 Å². The molecule has 0 aliphatic carbocycles. The van der Waals surface area contributed by atoms with Crippen LogP contribution in [0.5, 0.6) is 11.5 Å². The largest absolute Gasteiger partial charge is 0.508 e. The van der Waals surface area contributed by atoms with Crippen molar-refractivity contribution in [1.82, 2.24) is 14.9 Å². The lowest BCUT2D eigenvalue weighted by Gasteiger charge is -2.16. The van der Waals surface area contributed by atoms with Gasteiger partial charge in [-0.1, -0.05) is 0 Å². The summed E-state index contributed by atoms with van der Waals surface area (Å²) in [6, 6.07) is 17.5. The van der Waals surface area contributed by atoms with Crippen LogP contribution in [0.3, 0.4) is 0 Å². The van der Waals surface area contributed by atoms with Crippen LogP contribution >= 0.6 is 0 Å². The monoisotopic (exact) mass is 445 g/mol. The van der Waals surface area contributed by atoms with Crippen LogP contribution in [-0.2, 0) is 11.3 Å². The molecule has 4 aromatic rings. The van der Waals surface area contributed by atoms with Gasteiger partial charge in [0.2, 0.25) is 0 Å². The van der Waals surface area contributed by atoms with Gasteiger partial charge in [-0.05, 0) is 78.7 Å². The molecule has 0 radical (unpaired) electrons. The molecule has 0 bridgehead atoms. The van der Waals surface area contributed by atoms with E-state index in [1.165, 1.54) is 4.90 Å². The van der Waals surface area contributed by atoms with Crippen molar-refractivity contribution in [2.45, 2.75) is 13.5 Å². The topological polar surface area (TPSA) is 109 Å². The number of carbonyl (C=O) groups excluding carboxylic acids is 1. The first-order valence-electron chi connectivity index (χ1n) is 10.3. The molecule has 2 aromatic heterocycles. The van der Waals surface area contributed by atoms with Crippen molar-refractivity contribution in [3.8, 4) is 34.0 Å². The van der Waals surface area contributed by atoms with Gasteiger partial charge >= 0.3 is 5.69 Å². The molecule has 0 fully saturated rings. The second kappa shape index (κ2) is 9.44. The van der Waals surface area contributed by atoms with Crippen LogP contribution in [0.2, 0.25) is 0 Å². The molecular formula is C25H23N3O5. The number of likely N-dealkylation sites (N-methyl/N-ethyl adjacent to an activating group) is 1. The summed E-state index contributed by atoms with van der Waals surface area (Å²) < 4.78 is 10.9. The Kier molecular flexibility index (Phi) is 6.26. The Morgan fingerprint density at radius 1 is 1.12 bits per heavy atom. The Bertz CT molecular complexity index is 1310. The minimum absolute atomic E-state index is 0.104. The fourth-order valence-electron chi connectivity index (χ4n) is 3.29. The summed E-state index contributed by atoms with van der Waals surface area (Å²) in [7, 11) is 1.68. The van der Waals surface area contributed by atoms with Gasteiger partial charge in [-0.3, -0.25) is 4.79 Å². The standard InChI is InChI=1S/C25H23N3O5/c1-16-12-18(7-10-23(16)29)22-13-21(26-25(31)27-22)17-5-8-19(9-6-17)33-15-24(30)28(2)14-20-4-3-11-32-20/h3-13,29H,14-15H2,1-2H3,(H,26,27,31). The molecule has 0 unspecified atom stereocenters. The highest BCUT2D eigenvalue weighted by molar-refractivity contribution is 5.77. The Balaban J connectivity index is 1.44. The lowest BCUT2D eigenvalue weighted by molar-refractivity contribution is -0.132. The molecule has 0 spiro atoms. The van der Waals surface area contributed by atoms with Crippen molar-refractivity contribution in [2.75, 3.05) is 13.7 Å². The van der Waals surface area contributed by atoms with E-state index in [0.717, 1.165) is 11.1 Å². The number of aryl methyl sites for hydroxylation is 1. The van der Waals surface area contributed by atoms with Gasteiger partial charge in [-0.2, -0.15) is 4.98 Å². The fourth-order valence-corrected chi connectivity index (χ4v) is 3.29. The van der Waals surface area contributed by atoms with Gasteiger partial charge < -0.3 is 24.1 Å². The molecule has 0 atom stereocenters. The maximum atomic E-state index is 12.3. The van der Waals surface area contributed by atoms with E-state index in [0.29, 0.717) is 35.0 Å². The van der Waals surface area contributed by atoms with Crippen LogP contribution in [0, 0.1) is 6.92 Å². The Labute approximate surface area is 190 Å². The molecule has 2 N–H and O–H groups in total. The number of hydrogen-bond donors (Lipinski definition) is 2. The molecule has 0 aliphatic heterocycles. The predicted molar refractivity (Wildman–Crippen MR) is 123 cm³/mol. The van der Waals surface area contributed by atoms with E-state index in [9.17, 15) is 14.7 Å². The first-order valence-corrected chi connectivity index (χ1v) is 10.3. The molecule has 4 rings (SSSR count). The van der Waals surface area contributed by atoms with Crippen LogP contribution < -0.4 is 10.4 Å². The summed E-state index contributed by atoms with van der Waals surface area (Å²) >= 11 is 0. The number of aromatic nitrogens is 2. The normalized spacial score (nSPS) is 10.7. The van der Waals surface area contributed by atoms with Crippen LogP contribution in [0.15, 0.2) is 76.1 Å². The second-order valence-corrected chi connectivity index (χ2v) is 7.63. The average molecular weight is 445 g/mol. The molecule has 2 aromatic carbocycles. The molecule has 8 nitrogen and oxygen atoms in total. The fraction of sp³-hybridized carbons (Fsp3) is 0.160. The van der Waals surface area contributed by atoms with E-state index in [4.69, 9.17) is 9.15 Å². The van der Waals surface area contributed by atoms with Gasteiger partial charge in [0.05, 0.1) is 24.2 Å². The quantitative estimate of drug-likeness (QED) is 0.449. The molecule has 0 saturated heterocycles. The SMILES string of the molecule is Cc1cc(-c2cc(-c3ccc(OCC(=O)N(C)Cc4ccco4)cc3)[nH]c(=O)n2)ccc1O. The Morgan fingerprint density at radius 2 is 1.88 bits per heavy atom. The third-order valence-electron chi connectivity index (χ3n) is 5.16. The number of ether oxygens (including phenoxy) is 1. The first-order chi connectivity index (χ1) is 15.9. The Hall–Kier alpha value is -4.33. The number of aromatic amines is 1. The summed E-state index contributed by atoms with van der Waals surface area (Å²) in [6.45, 7) is 2.05. The number of phenols is 1. The second-order valence-electron chi connectivity index (χ2n) is 7.63. The molecule has 1 amide bonds. The number of aromatic hydroxyl groups is 1. The summed E-state index contributed by atoms with van der Waals surface area (Å²) in [5, 5.41) is 9.74. The molecule has 33 heavy (non-hydrogen) atoms. The highest BCUT2D eigenvalue weighted by Gasteiger charge is 2.12. The van der Waals surface area contributed by atoms with Crippen molar-refractivity contribution in [3.63, 3.8) is 0 Å². The third-order valence-corrected chi connectivity index (χ3v) is 5.16. The highest BCUT2D eigenvalue weighted by Crippen LogP contribution is 2.26. The predicted octanol–water partition coefficient (Wildman–Crippen LogP) is 3.75. The van der Waals surface area contributed by atoms with Crippen LogP contribution in [0.25, 0.3) is 22.5 Å². The minimum Gasteiger partial charge on any atom is -0.508 e. The van der Waals surface area contributed by atoms with E-state index >= 15 is 0 Å². The van der Waals surface area contributed by atoms with E-state index in [1.54, 1.807) is 80.9 Å². The zero-order valence-corrected chi connectivity index (χ0v) is 18.2. The number of nitrogens with zero attached hydrogens (tertiary/aromatic N) is 2. The number of nitrogens with one attached hydrogen (secondary N) is 1. The van der Waals surface area contributed by atoms with Crippen molar-refractivity contribution in [1.29, 1.82) is 0 Å². The van der Waals surface area contributed by atoms with E-state index in [-0.39, 0.29) is 18.3 Å². The average Bonchev–Trinajstić information content (AvgIpc) is 3.32. The minimum atomic E-state index is -0.473. The van der Waals surface area contributed by atoms with Crippen LogP contribution in [0.1, 0.15) is 11.3 Å². The van der Waals surface area contributed by atoms with Gasteiger partial charge in [0.25, 0.3) is 5.91 Å². The van der Waals surface area contributed by atoms with Crippen molar-refractivity contribution in [3.05, 3.63) is 88.7 Å². The van der Waals surface area contributed by atoms with Gasteiger partial charge in [-0.25, -0.2) is 4.79 Å². The summed E-state index contributed by atoms with van der Waals surface area (Å²) in [4.78, 5) is 32.7. The Morgan fingerprint density at radius 3 is 2.58 bits per heavy atom. The number of rotatable bonds is 7. The molecule has 0 saturated carbocycles. The number of amides is 1. The first kappa shape index (κ1) is 21.9. The maximum Gasteiger partial charge on any atom is 0.345 e. The number of benzene rings is 2. The molecule has 2 heterocycles. The third kappa shape index (κ3) is 5.30. The summed E-state index contributed by atoms with van der Waals surface area (Å²) in [6.07, 6.45) is 1.57. The van der Waals surface area contributed by atoms with Crippen molar-refractivity contribution < 1.29 is 19.1 Å². The zero-order chi connectivity index (χ0) is 23.4. The highest BCUT2D eigenvalue weighted by atomic mass is 16.5. The molecule has 0 aliphatic rings. The maximum absolute atomic E-state index is 12.3. The van der Waals surface area contributed by atoms with Crippen molar-refractivity contribution >= 4 is 5.91 Å². The van der Waals surface area contributed by atoms with Gasteiger partial charge in [-0.15, -0.1) is 0 Å². The summed E-state index contributed by atoms with van der Waals surface area (Å²) in [5.74, 6) is 1.24. The van der Waals surface area contributed by atoms with Crippen molar-refractivity contribution in [2.24, 2.45) is 0 Å². The van der Waals surface area contributed by atoms with Gasteiger partial charge in [0.1, 0.15) is 17.3 Å². The van der Waals surface area contributed by atoms with Crippen LogP contribution in [0.4, 0.5) is 0 Å². The molecule has 8 heteroatoms. The number of carbonyl (C=O) groups is 1. The van der Waals surface area contributed by atoms with E-state index < -0.39 is 5.69 Å². The smallest absolute Gasteiger partial charge is 0.345 e. The van der Waals surface area contributed by atoms with E-state index in [1.807, 2.05) is 0 Å².